The first-order valence-electron chi connectivity index (χ1n) is 8.54. The average molecular weight is 459 g/mol. The van der Waals surface area contributed by atoms with Crippen LogP contribution in [-0.4, -0.2) is 35.2 Å². The van der Waals surface area contributed by atoms with Crippen molar-refractivity contribution in [2.45, 2.75) is 9.92 Å². The Morgan fingerprint density at radius 1 is 1.19 bits per heavy atom. The second-order valence-electron chi connectivity index (χ2n) is 6.22. The Bertz CT molecular complexity index is 1480. The van der Waals surface area contributed by atoms with Crippen LogP contribution in [0.2, 0.25) is 0 Å². The summed E-state index contributed by atoms with van der Waals surface area (Å²) in [5.41, 5.74) is 5.67. The van der Waals surface area contributed by atoms with Crippen LogP contribution in [0.4, 0.5) is 10.8 Å². The van der Waals surface area contributed by atoms with E-state index in [1.54, 1.807) is 24.3 Å². The molecule has 158 valence electrons. The maximum absolute atomic E-state index is 13.3. The molecule has 31 heavy (non-hydrogen) atoms. The third-order valence-electron chi connectivity index (χ3n) is 4.44. The van der Waals surface area contributed by atoms with E-state index in [0.717, 1.165) is 34.3 Å². The first-order chi connectivity index (χ1) is 14.7. The molecule has 3 aromatic heterocycles. The van der Waals surface area contributed by atoms with Crippen LogP contribution < -0.4 is 16.0 Å². The van der Waals surface area contributed by atoms with Crippen LogP contribution in [0.1, 0.15) is 0 Å². The van der Waals surface area contributed by atoms with E-state index in [2.05, 4.69) is 10.1 Å². The first-order valence-corrected chi connectivity index (χ1v) is 10.9. The quantitative estimate of drug-likeness (QED) is 0.348. The molecule has 0 spiro atoms. The summed E-state index contributed by atoms with van der Waals surface area (Å²) in [6, 6.07) is 8.33. The van der Waals surface area contributed by atoms with E-state index in [1.807, 2.05) is 0 Å². The number of nitro groups is 1. The number of rotatable bonds is 5. The summed E-state index contributed by atoms with van der Waals surface area (Å²) in [6.07, 6.45) is 0.875. The minimum Gasteiger partial charge on any atom is -0.497 e. The van der Waals surface area contributed by atoms with Crippen LogP contribution in [0.5, 0.6) is 5.75 Å². The fraction of sp³-hybridized carbons (Fsp3) is 0.0556. The molecule has 1 aromatic carbocycles. The third kappa shape index (κ3) is 3.39. The molecular formula is C18H13N5O6S2. The number of thiophene rings is 1. The second-order valence-corrected chi connectivity index (χ2v) is 9.00. The van der Waals surface area contributed by atoms with Gasteiger partial charge in [0.25, 0.3) is 5.56 Å². The Morgan fingerprint density at radius 3 is 2.48 bits per heavy atom. The van der Waals surface area contributed by atoms with Crippen LogP contribution in [0, 0.1) is 10.1 Å². The first kappa shape index (κ1) is 20.4. The van der Waals surface area contributed by atoms with Crippen LogP contribution in [0.15, 0.2) is 62.7 Å². The van der Waals surface area contributed by atoms with Gasteiger partial charge in [0.2, 0.25) is 9.84 Å². The van der Waals surface area contributed by atoms with Gasteiger partial charge in [-0.2, -0.15) is 9.78 Å². The molecule has 13 heteroatoms. The summed E-state index contributed by atoms with van der Waals surface area (Å²) in [5, 5.41) is 16.2. The number of hydrogen-bond acceptors (Lipinski definition) is 10. The molecule has 0 bridgehead atoms. The number of methoxy groups -OCH3 is 1. The molecule has 3 heterocycles. The molecular weight excluding hydrogens is 446 g/mol. The van der Waals surface area contributed by atoms with Crippen molar-refractivity contribution in [1.82, 2.24) is 14.8 Å². The number of ether oxygens (including phenoxy) is 1. The van der Waals surface area contributed by atoms with Gasteiger partial charge < -0.3 is 20.6 Å². The molecule has 0 aliphatic rings. The topological polar surface area (TPSA) is 160 Å². The van der Waals surface area contributed by atoms with Crippen molar-refractivity contribution in [2.24, 2.45) is 0 Å². The smallest absolute Gasteiger partial charge is 0.363 e. The summed E-state index contributed by atoms with van der Waals surface area (Å²) in [6.45, 7) is 0. The summed E-state index contributed by atoms with van der Waals surface area (Å²) >= 11 is 1.01. The van der Waals surface area contributed by atoms with Crippen molar-refractivity contribution in [2.75, 3.05) is 12.8 Å². The lowest BCUT2D eigenvalue weighted by Gasteiger charge is -2.10. The number of hydrogen-bond donors (Lipinski definition) is 1. The summed E-state index contributed by atoms with van der Waals surface area (Å²) in [7, 11) is -2.80. The molecule has 0 fully saturated rings. The maximum Gasteiger partial charge on any atom is 0.363 e. The van der Waals surface area contributed by atoms with Gasteiger partial charge in [0.15, 0.2) is 11.2 Å². The number of anilines is 1. The second kappa shape index (κ2) is 7.45. The van der Waals surface area contributed by atoms with Gasteiger partial charge in [0.05, 0.1) is 23.2 Å². The largest absolute Gasteiger partial charge is 0.497 e. The third-order valence-corrected chi connectivity index (χ3v) is 6.92. The number of nitrogens with two attached hydrogens (primary N) is 1. The number of sulfone groups is 1. The van der Waals surface area contributed by atoms with E-state index in [-0.39, 0.29) is 20.7 Å². The van der Waals surface area contributed by atoms with Crippen LogP contribution >= 0.6 is 11.3 Å². The zero-order chi connectivity index (χ0) is 22.3. The standard InChI is InChI=1S/C18H13N5O6S2/c1-29-11-4-2-10(3-5-11)22-18(24)15-13(9-30-16(15)19)17(21-22)31(27,28)12-6-7-14(20-8-12)23(25)26/h2-9H,19H2,1H3. The van der Waals surface area contributed by atoms with Crippen LogP contribution in [-0.2, 0) is 9.84 Å². The van der Waals surface area contributed by atoms with E-state index in [4.69, 9.17) is 10.5 Å². The highest BCUT2D eigenvalue weighted by Crippen LogP contribution is 2.32. The maximum atomic E-state index is 13.3. The summed E-state index contributed by atoms with van der Waals surface area (Å²) in [5.74, 6) is 0.0396. The fourth-order valence-corrected chi connectivity index (χ4v) is 5.06. The van der Waals surface area contributed by atoms with E-state index in [9.17, 15) is 23.3 Å². The zero-order valence-electron chi connectivity index (χ0n) is 15.8. The lowest BCUT2D eigenvalue weighted by Crippen LogP contribution is -2.24. The minimum atomic E-state index is -4.28. The van der Waals surface area contributed by atoms with Crippen molar-refractivity contribution in [1.29, 1.82) is 0 Å². The Labute approximate surface area is 178 Å². The van der Waals surface area contributed by atoms with Crippen LogP contribution in [0.25, 0.3) is 16.5 Å². The van der Waals surface area contributed by atoms with Gasteiger partial charge in [0.1, 0.15) is 10.6 Å². The number of pyridine rings is 1. The minimum absolute atomic E-state index is 0.0178. The van der Waals surface area contributed by atoms with Crippen LogP contribution in [0.3, 0.4) is 0 Å². The Kier molecular flexibility index (Phi) is 4.91. The summed E-state index contributed by atoms with van der Waals surface area (Å²) in [4.78, 5) is 26.3. The highest BCUT2D eigenvalue weighted by atomic mass is 32.2. The average Bonchev–Trinajstić information content (AvgIpc) is 3.16. The molecule has 0 unspecified atom stereocenters. The molecule has 11 nitrogen and oxygen atoms in total. The van der Waals surface area contributed by atoms with E-state index in [0.29, 0.717) is 11.4 Å². The van der Waals surface area contributed by atoms with Gasteiger partial charge in [0, 0.05) is 16.8 Å². The fourth-order valence-electron chi connectivity index (χ4n) is 2.89. The Morgan fingerprint density at radius 2 is 1.90 bits per heavy atom. The molecule has 2 N–H and O–H groups in total. The molecule has 0 aliphatic heterocycles. The SMILES string of the molecule is COc1ccc(-n2nc(S(=O)(=O)c3ccc([N+](=O)[O-])nc3)c3csc(N)c3c2=O)cc1. The number of nitrogen functional groups attached to an aromatic ring is 1. The predicted octanol–water partition coefficient (Wildman–Crippen LogP) is 2.17. The van der Waals surface area contributed by atoms with Gasteiger partial charge in [-0.05, 0) is 40.2 Å². The molecule has 4 rings (SSSR count). The number of aromatic nitrogens is 3. The van der Waals surface area contributed by atoms with Gasteiger partial charge >= 0.3 is 5.82 Å². The summed E-state index contributed by atoms with van der Waals surface area (Å²) < 4.78 is 32.6. The lowest BCUT2D eigenvalue weighted by molar-refractivity contribution is -0.389. The van der Waals surface area contributed by atoms with Gasteiger partial charge in [-0.15, -0.1) is 11.3 Å². The van der Waals surface area contributed by atoms with Crippen molar-refractivity contribution in [3.8, 4) is 11.4 Å². The molecule has 0 aliphatic carbocycles. The highest BCUT2D eigenvalue weighted by Gasteiger charge is 2.28. The number of nitrogens with zero attached hydrogens (tertiary/aromatic N) is 4. The highest BCUT2D eigenvalue weighted by molar-refractivity contribution is 7.91. The zero-order valence-corrected chi connectivity index (χ0v) is 17.4. The number of fused-ring (bicyclic) bond motifs is 1. The van der Waals surface area contributed by atoms with Crippen molar-refractivity contribution in [3.05, 3.63) is 68.4 Å². The van der Waals surface area contributed by atoms with Gasteiger partial charge in [-0.1, -0.05) is 0 Å². The molecule has 0 saturated heterocycles. The van der Waals surface area contributed by atoms with E-state index in [1.165, 1.54) is 12.5 Å². The van der Waals surface area contributed by atoms with Gasteiger partial charge in [-0.3, -0.25) is 4.79 Å². The molecule has 4 aromatic rings. The predicted molar refractivity (Wildman–Crippen MR) is 113 cm³/mol. The molecule has 0 atom stereocenters. The van der Waals surface area contributed by atoms with E-state index < -0.39 is 31.2 Å². The Balaban J connectivity index is 1.98. The monoisotopic (exact) mass is 459 g/mol. The van der Waals surface area contributed by atoms with E-state index >= 15 is 0 Å². The van der Waals surface area contributed by atoms with Crippen molar-refractivity contribution >= 4 is 42.8 Å². The molecule has 0 radical (unpaired) electrons. The lowest BCUT2D eigenvalue weighted by atomic mass is 10.2. The van der Waals surface area contributed by atoms with Crippen molar-refractivity contribution in [3.63, 3.8) is 0 Å². The number of benzene rings is 1. The van der Waals surface area contributed by atoms with Gasteiger partial charge in [-0.25, -0.2) is 8.42 Å². The molecule has 0 amide bonds. The van der Waals surface area contributed by atoms with Crippen molar-refractivity contribution < 1.29 is 18.1 Å². The Hall–Kier alpha value is -3.84. The molecule has 0 saturated carbocycles. The normalized spacial score (nSPS) is 11.5.